The van der Waals surface area contributed by atoms with Gasteiger partial charge < -0.3 is 16.0 Å². The zero-order valence-electron chi connectivity index (χ0n) is 13.3. The monoisotopic (exact) mass is 337 g/mol. The molecule has 2 heterocycles. The summed E-state index contributed by atoms with van der Waals surface area (Å²) in [4.78, 5) is 23.8. The molecule has 2 aliphatic rings. The second-order valence-corrected chi connectivity index (χ2v) is 6.26. The predicted molar refractivity (Wildman–Crippen MR) is 93.0 cm³/mol. The van der Waals surface area contributed by atoms with Crippen molar-refractivity contribution >= 4 is 29.9 Å². The van der Waals surface area contributed by atoms with Gasteiger partial charge in [-0.1, -0.05) is 13.0 Å². The summed E-state index contributed by atoms with van der Waals surface area (Å²) in [6.07, 6.45) is 4.88. The van der Waals surface area contributed by atoms with Crippen molar-refractivity contribution in [2.45, 2.75) is 57.2 Å². The number of anilines is 1. The van der Waals surface area contributed by atoms with Crippen LogP contribution in [0.15, 0.2) is 24.3 Å². The van der Waals surface area contributed by atoms with Gasteiger partial charge in [-0.05, 0) is 43.9 Å². The predicted octanol–water partition coefficient (Wildman–Crippen LogP) is 2.47. The third kappa shape index (κ3) is 4.45. The Kier molecular flexibility index (Phi) is 6.02. The molecule has 0 aliphatic carbocycles. The lowest BCUT2D eigenvalue weighted by Crippen LogP contribution is -2.48. The first-order chi connectivity index (χ1) is 10.6. The third-order valence-electron chi connectivity index (χ3n) is 4.54. The number of carbonyl (C=O) groups excluding carboxylic acids is 2. The number of hydrogen-bond acceptors (Lipinski definition) is 3. The van der Waals surface area contributed by atoms with Crippen molar-refractivity contribution in [3.8, 4) is 0 Å². The van der Waals surface area contributed by atoms with Crippen LogP contribution in [0, 0.1) is 0 Å². The van der Waals surface area contributed by atoms with Gasteiger partial charge in [-0.3, -0.25) is 9.59 Å². The maximum absolute atomic E-state index is 12.4. The fourth-order valence-electron chi connectivity index (χ4n) is 3.43. The smallest absolute Gasteiger partial charge is 0.251 e. The van der Waals surface area contributed by atoms with E-state index >= 15 is 0 Å². The number of amides is 2. The van der Waals surface area contributed by atoms with E-state index in [0.29, 0.717) is 29.8 Å². The minimum Gasteiger partial charge on any atom is -0.349 e. The topological polar surface area (TPSA) is 70.2 Å². The summed E-state index contributed by atoms with van der Waals surface area (Å²) < 4.78 is 0. The number of benzene rings is 1. The molecular weight excluding hydrogens is 314 g/mol. The molecule has 2 amide bonds. The van der Waals surface area contributed by atoms with E-state index in [1.807, 2.05) is 0 Å². The fourth-order valence-corrected chi connectivity index (χ4v) is 3.43. The number of rotatable bonds is 4. The summed E-state index contributed by atoms with van der Waals surface area (Å²) in [6.45, 7) is 1.80. The maximum atomic E-state index is 12.4. The highest BCUT2D eigenvalue weighted by molar-refractivity contribution is 5.97. The molecule has 3 N–H and O–H groups in total. The Bertz CT molecular complexity index is 567. The van der Waals surface area contributed by atoms with Gasteiger partial charge in [0, 0.05) is 35.8 Å². The highest BCUT2D eigenvalue weighted by Gasteiger charge is 2.34. The van der Waals surface area contributed by atoms with Crippen molar-refractivity contribution in [1.82, 2.24) is 10.6 Å². The number of hydrogen-bond donors (Lipinski definition) is 3. The highest BCUT2D eigenvalue weighted by Crippen LogP contribution is 2.27. The number of piperidine rings is 1. The number of carbonyl (C=O) groups is 2. The molecule has 23 heavy (non-hydrogen) atoms. The van der Waals surface area contributed by atoms with Crippen molar-refractivity contribution in [1.29, 1.82) is 0 Å². The van der Waals surface area contributed by atoms with E-state index in [4.69, 9.17) is 0 Å². The van der Waals surface area contributed by atoms with Gasteiger partial charge in [0.25, 0.3) is 5.91 Å². The SMILES string of the molecule is CCC(=O)Nc1cccc(C(=O)NC2CC3CCC(C2)N3)c1.Cl. The van der Waals surface area contributed by atoms with E-state index in [9.17, 15) is 9.59 Å². The molecule has 0 radical (unpaired) electrons. The Morgan fingerprint density at radius 3 is 2.57 bits per heavy atom. The van der Waals surface area contributed by atoms with Gasteiger partial charge in [0.05, 0.1) is 0 Å². The van der Waals surface area contributed by atoms with Crippen LogP contribution in [-0.2, 0) is 4.79 Å². The zero-order valence-corrected chi connectivity index (χ0v) is 14.1. The van der Waals surface area contributed by atoms with E-state index in [1.54, 1.807) is 31.2 Å². The highest BCUT2D eigenvalue weighted by atomic mass is 35.5. The molecule has 2 unspecified atom stereocenters. The first kappa shape index (κ1) is 17.8. The van der Waals surface area contributed by atoms with Crippen LogP contribution in [-0.4, -0.2) is 29.9 Å². The fraction of sp³-hybridized carbons (Fsp3) is 0.529. The van der Waals surface area contributed by atoms with Crippen LogP contribution in [0.3, 0.4) is 0 Å². The van der Waals surface area contributed by atoms with E-state index in [0.717, 1.165) is 12.8 Å². The molecule has 2 atom stereocenters. The van der Waals surface area contributed by atoms with Gasteiger partial charge in [-0.25, -0.2) is 0 Å². The number of nitrogens with one attached hydrogen (secondary N) is 3. The Morgan fingerprint density at radius 2 is 1.91 bits per heavy atom. The molecule has 0 aromatic heterocycles. The van der Waals surface area contributed by atoms with Crippen molar-refractivity contribution in [3.63, 3.8) is 0 Å². The molecule has 2 bridgehead atoms. The average molecular weight is 338 g/mol. The molecular formula is C17H24ClN3O2. The molecule has 1 aromatic carbocycles. The normalized spacial score (nSPS) is 25.3. The van der Waals surface area contributed by atoms with Gasteiger partial charge in [0.15, 0.2) is 0 Å². The lowest BCUT2D eigenvalue weighted by Gasteiger charge is -2.29. The molecule has 5 nitrogen and oxygen atoms in total. The van der Waals surface area contributed by atoms with Crippen molar-refractivity contribution in [3.05, 3.63) is 29.8 Å². The third-order valence-corrected chi connectivity index (χ3v) is 4.54. The van der Waals surface area contributed by atoms with Crippen LogP contribution in [0.4, 0.5) is 5.69 Å². The lowest BCUT2D eigenvalue weighted by atomic mass is 9.99. The standard InChI is InChI=1S/C17H23N3O2.ClH/c1-2-16(21)19-12-5-3-4-11(8-12)17(22)20-15-9-13-6-7-14(10-15)18-13;/h3-5,8,13-15,18H,2,6-7,9-10H2,1H3,(H,19,21)(H,20,22);1H. The molecule has 6 heteroatoms. The van der Waals surface area contributed by atoms with Gasteiger partial charge >= 0.3 is 0 Å². The molecule has 2 saturated heterocycles. The van der Waals surface area contributed by atoms with Gasteiger partial charge in [-0.2, -0.15) is 0 Å². The first-order valence-electron chi connectivity index (χ1n) is 8.11. The van der Waals surface area contributed by atoms with Crippen LogP contribution in [0.1, 0.15) is 49.4 Å². The van der Waals surface area contributed by atoms with Gasteiger partial charge in [0.1, 0.15) is 0 Å². The lowest BCUT2D eigenvalue weighted by molar-refractivity contribution is -0.115. The Hall–Kier alpha value is -1.59. The van der Waals surface area contributed by atoms with Crippen molar-refractivity contribution in [2.75, 3.05) is 5.32 Å². The second-order valence-electron chi connectivity index (χ2n) is 6.26. The van der Waals surface area contributed by atoms with Crippen LogP contribution >= 0.6 is 12.4 Å². The number of halogens is 1. The molecule has 0 spiro atoms. The average Bonchev–Trinajstić information content (AvgIpc) is 2.86. The van der Waals surface area contributed by atoms with E-state index in [2.05, 4.69) is 16.0 Å². The largest absolute Gasteiger partial charge is 0.349 e. The number of fused-ring (bicyclic) bond motifs is 2. The second kappa shape index (κ2) is 7.79. The minimum absolute atomic E-state index is 0. The minimum atomic E-state index is -0.0566. The van der Waals surface area contributed by atoms with E-state index in [1.165, 1.54) is 12.8 Å². The summed E-state index contributed by atoms with van der Waals surface area (Å²) >= 11 is 0. The Balaban J connectivity index is 0.00000192. The molecule has 1 aromatic rings. The van der Waals surface area contributed by atoms with Crippen LogP contribution in [0.2, 0.25) is 0 Å². The maximum Gasteiger partial charge on any atom is 0.251 e. The summed E-state index contributed by atoms with van der Waals surface area (Å²) in [6, 6.07) is 8.48. The van der Waals surface area contributed by atoms with Gasteiger partial charge in [0.2, 0.25) is 5.91 Å². The zero-order chi connectivity index (χ0) is 15.5. The van der Waals surface area contributed by atoms with Crippen molar-refractivity contribution in [2.24, 2.45) is 0 Å². The first-order valence-corrected chi connectivity index (χ1v) is 8.11. The quantitative estimate of drug-likeness (QED) is 0.790. The van der Waals surface area contributed by atoms with E-state index in [-0.39, 0.29) is 30.3 Å². The summed E-state index contributed by atoms with van der Waals surface area (Å²) in [5.74, 6) is -0.105. The van der Waals surface area contributed by atoms with Crippen molar-refractivity contribution < 1.29 is 9.59 Å². The van der Waals surface area contributed by atoms with Crippen LogP contribution in [0.25, 0.3) is 0 Å². The molecule has 0 saturated carbocycles. The van der Waals surface area contributed by atoms with Gasteiger partial charge in [-0.15, -0.1) is 12.4 Å². The summed E-state index contributed by atoms with van der Waals surface area (Å²) in [5, 5.41) is 9.50. The molecule has 2 aliphatic heterocycles. The molecule has 3 rings (SSSR count). The molecule has 126 valence electrons. The summed E-state index contributed by atoms with van der Waals surface area (Å²) in [7, 11) is 0. The summed E-state index contributed by atoms with van der Waals surface area (Å²) in [5.41, 5.74) is 1.27. The van der Waals surface area contributed by atoms with Crippen LogP contribution < -0.4 is 16.0 Å². The van der Waals surface area contributed by atoms with Crippen LogP contribution in [0.5, 0.6) is 0 Å². The molecule has 2 fully saturated rings. The van der Waals surface area contributed by atoms with E-state index < -0.39 is 0 Å². The Morgan fingerprint density at radius 1 is 1.22 bits per heavy atom. The Labute approximate surface area is 143 Å².